The molecule has 196 valence electrons. The van der Waals surface area contributed by atoms with Crippen molar-refractivity contribution in [2.45, 2.75) is 56.0 Å². The molecule has 1 aromatic carbocycles. The van der Waals surface area contributed by atoms with Crippen molar-refractivity contribution in [2.24, 2.45) is 0 Å². The van der Waals surface area contributed by atoms with Gasteiger partial charge in [0.25, 0.3) is 15.9 Å². The van der Waals surface area contributed by atoms with Crippen molar-refractivity contribution in [3.8, 4) is 0 Å². The van der Waals surface area contributed by atoms with Gasteiger partial charge in [0.1, 0.15) is 15.9 Å². The number of amides is 2. The number of sulfonamides is 1. The molecule has 0 saturated carbocycles. The molecule has 0 radical (unpaired) electrons. The summed E-state index contributed by atoms with van der Waals surface area (Å²) in [6.45, 7) is 7.38. The van der Waals surface area contributed by atoms with E-state index in [9.17, 15) is 18.0 Å². The second kappa shape index (κ2) is 9.63. The fourth-order valence-corrected chi connectivity index (χ4v) is 7.47. The molecule has 2 amide bonds. The lowest BCUT2D eigenvalue weighted by Crippen LogP contribution is -2.42. The topological polar surface area (TPSA) is 109 Å². The van der Waals surface area contributed by atoms with Gasteiger partial charge < -0.3 is 4.74 Å². The van der Waals surface area contributed by atoms with Gasteiger partial charge in [-0.1, -0.05) is 17.7 Å². The van der Waals surface area contributed by atoms with Gasteiger partial charge in [0.05, 0.1) is 11.9 Å². The highest BCUT2D eigenvalue weighted by Gasteiger charge is 2.46. The fraction of sp³-hybridized carbons (Fsp3) is 0.400. The van der Waals surface area contributed by atoms with E-state index in [4.69, 9.17) is 16.3 Å². The van der Waals surface area contributed by atoms with Gasteiger partial charge in [0.2, 0.25) is 0 Å². The molecule has 0 unspecified atom stereocenters. The van der Waals surface area contributed by atoms with Gasteiger partial charge in [0, 0.05) is 28.0 Å². The number of ether oxygens (including phenoxy) is 1. The van der Waals surface area contributed by atoms with Gasteiger partial charge in [-0.15, -0.1) is 11.3 Å². The van der Waals surface area contributed by atoms with Crippen LogP contribution in [0.15, 0.2) is 40.9 Å². The van der Waals surface area contributed by atoms with Crippen molar-refractivity contribution in [1.29, 1.82) is 0 Å². The first-order valence-corrected chi connectivity index (χ1v) is 14.6. The zero-order valence-corrected chi connectivity index (χ0v) is 23.0. The molecule has 3 aromatic rings. The Bertz CT molecular complexity index is 1490. The number of carbonyl (C=O) groups is 2. The average molecular weight is 563 g/mol. The third kappa shape index (κ3) is 5.23. The third-order valence-corrected chi connectivity index (χ3v) is 9.44. The van der Waals surface area contributed by atoms with Crippen molar-refractivity contribution in [1.82, 2.24) is 14.6 Å². The van der Waals surface area contributed by atoms with Crippen molar-refractivity contribution in [3.63, 3.8) is 0 Å². The molecule has 9 nitrogen and oxygen atoms in total. The molecule has 12 heteroatoms. The van der Waals surface area contributed by atoms with E-state index in [-0.39, 0.29) is 9.90 Å². The summed E-state index contributed by atoms with van der Waals surface area (Å²) in [6, 6.07) is 5.37. The standard InChI is InChI=1S/C25H27ClN4O5S2/c1-25(2,3)35-24(32)30-18-13-27-12-16(14-29-8-4-5-9-29)21(18)22(23(30)31)28-37(33,34)20-10-15-6-7-17(26)11-19(15)36-20/h6-7,10-13,22,28H,4-5,8-9,14H2,1-3H3/t22-/m0/s1. The zero-order valence-electron chi connectivity index (χ0n) is 20.7. The number of carbonyl (C=O) groups excluding carboxylic acids is 2. The molecule has 5 rings (SSSR count). The number of benzene rings is 1. The predicted molar refractivity (Wildman–Crippen MR) is 142 cm³/mol. The molecule has 37 heavy (non-hydrogen) atoms. The largest absolute Gasteiger partial charge is 0.443 e. The van der Waals surface area contributed by atoms with Crippen molar-refractivity contribution >= 4 is 60.7 Å². The van der Waals surface area contributed by atoms with E-state index in [1.54, 1.807) is 51.2 Å². The Morgan fingerprint density at radius 1 is 1.22 bits per heavy atom. The molecule has 1 N–H and O–H groups in total. The van der Waals surface area contributed by atoms with Gasteiger partial charge in [-0.2, -0.15) is 4.72 Å². The molecular formula is C25H27ClN4O5S2. The van der Waals surface area contributed by atoms with E-state index < -0.39 is 33.7 Å². The molecule has 2 aromatic heterocycles. The summed E-state index contributed by atoms with van der Waals surface area (Å²) in [7, 11) is -4.13. The SMILES string of the molecule is CC(C)(C)OC(=O)N1C(=O)[C@@H](NS(=O)(=O)c2cc3ccc(Cl)cc3s2)c2c(CN3CCCC3)cncc21. The number of imide groups is 1. The van der Waals surface area contributed by atoms with Crippen LogP contribution in [0.4, 0.5) is 10.5 Å². The van der Waals surface area contributed by atoms with E-state index in [1.165, 1.54) is 6.20 Å². The number of nitrogens with zero attached hydrogens (tertiary/aromatic N) is 3. The maximum Gasteiger partial charge on any atom is 0.421 e. The minimum Gasteiger partial charge on any atom is -0.443 e. The van der Waals surface area contributed by atoms with Crippen LogP contribution in [0.5, 0.6) is 0 Å². The molecule has 1 saturated heterocycles. The summed E-state index contributed by atoms with van der Waals surface area (Å²) < 4.78 is 35.8. The number of halogens is 1. The second-order valence-corrected chi connectivity index (χ2v) is 13.6. The molecule has 1 atom stereocenters. The molecule has 0 spiro atoms. The van der Waals surface area contributed by atoms with E-state index in [2.05, 4.69) is 14.6 Å². The molecule has 0 bridgehead atoms. The number of rotatable bonds is 5. The molecule has 2 aliphatic heterocycles. The number of fused-ring (bicyclic) bond motifs is 2. The van der Waals surface area contributed by atoms with Gasteiger partial charge >= 0.3 is 6.09 Å². The van der Waals surface area contributed by atoms with E-state index in [0.717, 1.165) is 47.6 Å². The minimum absolute atomic E-state index is 0.0463. The maximum atomic E-state index is 13.6. The van der Waals surface area contributed by atoms with Crippen LogP contribution in [-0.4, -0.2) is 49.0 Å². The summed E-state index contributed by atoms with van der Waals surface area (Å²) in [5.74, 6) is -0.729. The number of aromatic nitrogens is 1. The van der Waals surface area contributed by atoms with Gasteiger partial charge in [-0.3, -0.25) is 14.7 Å². The van der Waals surface area contributed by atoms with Gasteiger partial charge in [-0.05, 0) is 75.9 Å². The Labute approximate surface area is 224 Å². The monoisotopic (exact) mass is 562 g/mol. The number of thiophene rings is 1. The van der Waals surface area contributed by atoms with Crippen molar-refractivity contribution < 1.29 is 22.7 Å². The van der Waals surface area contributed by atoms with Crippen LogP contribution in [0.25, 0.3) is 10.1 Å². The quantitative estimate of drug-likeness (QED) is 0.473. The fourth-order valence-electron chi connectivity index (χ4n) is 4.62. The number of hydrogen-bond acceptors (Lipinski definition) is 8. The number of anilines is 1. The smallest absolute Gasteiger partial charge is 0.421 e. The first kappa shape index (κ1) is 26.1. The van der Waals surface area contributed by atoms with Crippen LogP contribution in [0.3, 0.4) is 0 Å². The summed E-state index contributed by atoms with van der Waals surface area (Å²) in [5, 5.41) is 1.22. The lowest BCUT2D eigenvalue weighted by atomic mass is 10.0. The predicted octanol–water partition coefficient (Wildman–Crippen LogP) is 4.85. The maximum absolute atomic E-state index is 13.6. The van der Waals surface area contributed by atoms with E-state index in [0.29, 0.717) is 27.4 Å². The van der Waals surface area contributed by atoms with Crippen LogP contribution in [-0.2, 0) is 26.1 Å². The highest BCUT2D eigenvalue weighted by molar-refractivity contribution is 7.91. The van der Waals surface area contributed by atoms with Crippen molar-refractivity contribution in [3.05, 3.63) is 52.8 Å². The zero-order chi connectivity index (χ0) is 26.5. The average Bonchev–Trinajstić information content (AvgIpc) is 3.51. The number of likely N-dealkylation sites (tertiary alicyclic amines) is 1. The van der Waals surface area contributed by atoms with Gasteiger partial charge in [-0.25, -0.2) is 18.1 Å². The highest BCUT2D eigenvalue weighted by Crippen LogP contribution is 2.41. The normalized spacial score (nSPS) is 18.5. The Morgan fingerprint density at radius 3 is 2.65 bits per heavy atom. The Hall–Kier alpha value is -2.57. The highest BCUT2D eigenvalue weighted by atomic mass is 35.5. The molecule has 4 heterocycles. The van der Waals surface area contributed by atoms with Crippen molar-refractivity contribution in [2.75, 3.05) is 18.0 Å². The molecular weight excluding hydrogens is 536 g/mol. The Kier molecular flexibility index (Phi) is 6.78. The first-order chi connectivity index (χ1) is 17.4. The summed E-state index contributed by atoms with van der Waals surface area (Å²) in [5.41, 5.74) is 0.487. The molecule has 2 aliphatic rings. The van der Waals surface area contributed by atoms with Crippen LogP contribution >= 0.6 is 22.9 Å². The lowest BCUT2D eigenvalue weighted by Gasteiger charge is -2.24. The summed E-state index contributed by atoms with van der Waals surface area (Å²) in [4.78, 5) is 34.1. The van der Waals surface area contributed by atoms with Crippen LogP contribution in [0, 0.1) is 0 Å². The van der Waals surface area contributed by atoms with E-state index in [1.807, 2.05) is 0 Å². The first-order valence-electron chi connectivity index (χ1n) is 11.9. The van der Waals surface area contributed by atoms with Crippen LogP contribution < -0.4 is 9.62 Å². The minimum atomic E-state index is -4.13. The Balaban J connectivity index is 1.55. The number of pyridine rings is 1. The molecule has 0 aliphatic carbocycles. The number of hydrogen-bond donors (Lipinski definition) is 1. The third-order valence-electron chi connectivity index (χ3n) is 6.21. The summed E-state index contributed by atoms with van der Waals surface area (Å²) in [6.07, 6.45) is 4.29. The Morgan fingerprint density at radius 2 is 1.95 bits per heavy atom. The summed E-state index contributed by atoms with van der Waals surface area (Å²) >= 11 is 7.13. The van der Waals surface area contributed by atoms with E-state index >= 15 is 0 Å². The number of nitrogens with one attached hydrogen (secondary N) is 1. The molecule has 1 fully saturated rings. The van der Waals surface area contributed by atoms with Crippen LogP contribution in [0.2, 0.25) is 5.02 Å². The lowest BCUT2D eigenvalue weighted by molar-refractivity contribution is -0.119. The van der Waals surface area contributed by atoms with Gasteiger partial charge in [0.15, 0.2) is 0 Å². The van der Waals surface area contributed by atoms with Crippen LogP contribution in [0.1, 0.15) is 50.8 Å². The second-order valence-electron chi connectivity index (χ2n) is 10.2.